The summed E-state index contributed by atoms with van der Waals surface area (Å²) in [6.45, 7) is 1.93. The van der Waals surface area contributed by atoms with Crippen LogP contribution in [0.5, 0.6) is 0 Å². The fraction of sp³-hybridized carbons (Fsp3) is 0.0769. The maximum absolute atomic E-state index is 11.7. The molecule has 1 aromatic carbocycles. The fourth-order valence-corrected chi connectivity index (χ4v) is 1.72. The van der Waals surface area contributed by atoms with Crippen molar-refractivity contribution in [3.63, 3.8) is 0 Å². The van der Waals surface area contributed by atoms with E-state index in [4.69, 9.17) is 4.42 Å². The zero-order chi connectivity index (χ0) is 13.0. The molecule has 5 heteroatoms. The van der Waals surface area contributed by atoms with Gasteiger partial charge in [0, 0.05) is 5.56 Å². The number of carbonyl (C=O) groups excluding carboxylic acids is 1. The van der Waals surface area contributed by atoms with Gasteiger partial charge in [0.15, 0.2) is 4.67 Å². The van der Waals surface area contributed by atoms with Gasteiger partial charge in [0.2, 0.25) is 0 Å². The first kappa shape index (κ1) is 12.6. The monoisotopic (exact) mass is 306 g/mol. The van der Waals surface area contributed by atoms with Gasteiger partial charge in [-0.1, -0.05) is 17.7 Å². The van der Waals surface area contributed by atoms with Crippen molar-refractivity contribution in [2.24, 2.45) is 5.10 Å². The van der Waals surface area contributed by atoms with Crippen LogP contribution in [0.3, 0.4) is 0 Å². The molecule has 2 rings (SSSR count). The highest BCUT2D eigenvalue weighted by Crippen LogP contribution is 2.12. The molecular formula is C13H11BrN2O2. The third-order valence-electron chi connectivity index (χ3n) is 2.23. The Morgan fingerprint density at radius 2 is 2.22 bits per heavy atom. The van der Waals surface area contributed by atoms with Crippen molar-refractivity contribution in [3.8, 4) is 0 Å². The van der Waals surface area contributed by atoms with Crippen LogP contribution < -0.4 is 5.43 Å². The maximum Gasteiger partial charge on any atom is 0.271 e. The topological polar surface area (TPSA) is 54.6 Å². The molecule has 4 nitrogen and oxygen atoms in total. The third kappa shape index (κ3) is 3.30. The van der Waals surface area contributed by atoms with E-state index in [0.717, 1.165) is 5.56 Å². The first-order chi connectivity index (χ1) is 8.65. The number of benzene rings is 1. The maximum atomic E-state index is 11.7. The van der Waals surface area contributed by atoms with Crippen LogP contribution in [0.4, 0.5) is 0 Å². The van der Waals surface area contributed by atoms with Gasteiger partial charge < -0.3 is 4.42 Å². The van der Waals surface area contributed by atoms with Gasteiger partial charge in [-0.15, -0.1) is 0 Å². The van der Waals surface area contributed by atoms with Crippen LogP contribution >= 0.6 is 15.9 Å². The van der Waals surface area contributed by atoms with Gasteiger partial charge in [0.05, 0.1) is 6.21 Å². The molecule has 2 aromatic rings. The summed E-state index contributed by atoms with van der Waals surface area (Å²) in [5.41, 5.74) is 4.05. The van der Waals surface area contributed by atoms with Crippen LogP contribution in [0.25, 0.3) is 0 Å². The lowest BCUT2D eigenvalue weighted by Gasteiger charge is -2.00. The largest absolute Gasteiger partial charge is 0.448 e. The molecule has 0 saturated heterocycles. The number of amides is 1. The summed E-state index contributed by atoms with van der Waals surface area (Å²) >= 11 is 3.18. The standard InChI is InChI=1S/C13H11BrN2O2/c1-9-3-2-4-10(7-9)13(17)16-15-8-11-5-6-12(14)18-11/h2-8H,1H3,(H,16,17)/b15-8+. The number of hydrogen-bond donors (Lipinski definition) is 1. The second-order valence-corrected chi connectivity index (χ2v) is 4.49. The van der Waals surface area contributed by atoms with Gasteiger partial charge in [0.25, 0.3) is 5.91 Å². The number of furan rings is 1. The number of rotatable bonds is 3. The van der Waals surface area contributed by atoms with E-state index in [0.29, 0.717) is 16.0 Å². The minimum atomic E-state index is -0.249. The van der Waals surface area contributed by atoms with Crippen molar-refractivity contribution in [1.82, 2.24) is 5.43 Å². The molecule has 0 bridgehead atoms. The SMILES string of the molecule is Cc1cccc(C(=O)N/N=C/c2ccc(Br)o2)c1. The Bertz CT molecular complexity index is 590. The van der Waals surface area contributed by atoms with Crippen LogP contribution in [-0.4, -0.2) is 12.1 Å². The highest BCUT2D eigenvalue weighted by atomic mass is 79.9. The van der Waals surface area contributed by atoms with Gasteiger partial charge in [-0.05, 0) is 47.1 Å². The molecule has 0 spiro atoms. The van der Waals surface area contributed by atoms with Gasteiger partial charge >= 0.3 is 0 Å². The van der Waals surface area contributed by atoms with Gasteiger partial charge in [-0.25, -0.2) is 5.43 Å². The van der Waals surface area contributed by atoms with Crippen molar-refractivity contribution in [2.45, 2.75) is 6.92 Å². The molecule has 0 fully saturated rings. The third-order valence-corrected chi connectivity index (χ3v) is 2.66. The zero-order valence-electron chi connectivity index (χ0n) is 9.68. The molecule has 0 radical (unpaired) electrons. The second-order valence-electron chi connectivity index (χ2n) is 3.71. The van der Waals surface area contributed by atoms with Crippen LogP contribution in [0.1, 0.15) is 21.7 Å². The van der Waals surface area contributed by atoms with Crippen molar-refractivity contribution < 1.29 is 9.21 Å². The Morgan fingerprint density at radius 3 is 2.89 bits per heavy atom. The number of halogens is 1. The number of carbonyl (C=O) groups is 1. The van der Waals surface area contributed by atoms with E-state index in [2.05, 4.69) is 26.5 Å². The van der Waals surface area contributed by atoms with E-state index < -0.39 is 0 Å². The van der Waals surface area contributed by atoms with Gasteiger partial charge in [-0.3, -0.25) is 4.79 Å². The predicted octanol–water partition coefficient (Wildman–Crippen LogP) is 3.11. The molecular weight excluding hydrogens is 296 g/mol. The Morgan fingerprint density at radius 1 is 1.39 bits per heavy atom. The molecule has 0 atom stereocenters. The van der Waals surface area contributed by atoms with E-state index in [9.17, 15) is 4.79 Å². The smallest absolute Gasteiger partial charge is 0.271 e. The highest BCUT2D eigenvalue weighted by Gasteiger charge is 2.03. The molecule has 0 saturated carbocycles. The molecule has 1 aromatic heterocycles. The molecule has 0 unspecified atom stereocenters. The number of aryl methyl sites for hydroxylation is 1. The lowest BCUT2D eigenvalue weighted by atomic mass is 10.1. The van der Waals surface area contributed by atoms with Crippen molar-refractivity contribution in [2.75, 3.05) is 0 Å². The lowest BCUT2D eigenvalue weighted by molar-refractivity contribution is 0.0955. The van der Waals surface area contributed by atoms with Crippen LogP contribution in [0, 0.1) is 6.92 Å². The molecule has 0 aliphatic heterocycles. The van der Waals surface area contributed by atoms with E-state index in [1.54, 1.807) is 24.3 Å². The minimum Gasteiger partial charge on any atom is -0.448 e. The van der Waals surface area contributed by atoms with E-state index in [-0.39, 0.29) is 5.91 Å². The summed E-state index contributed by atoms with van der Waals surface area (Å²) in [6, 6.07) is 10.8. The normalized spacial score (nSPS) is 10.8. The van der Waals surface area contributed by atoms with Crippen molar-refractivity contribution in [1.29, 1.82) is 0 Å². The first-order valence-corrected chi connectivity index (χ1v) is 6.10. The molecule has 18 heavy (non-hydrogen) atoms. The van der Waals surface area contributed by atoms with Crippen LogP contribution in [0.2, 0.25) is 0 Å². The Hall–Kier alpha value is -1.88. The molecule has 1 amide bonds. The second kappa shape index (κ2) is 5.64. The number of hydrazone groups is 1. The Labute approximate surface area is 113 Å². The summed E-state index contributed by atoms with van der Waals surface area (Å²) in [7, 11) is 0. The summed E-state index contributed by atoms with van der Waals surface area (Å²) in [4.78, 5) is 11.7. The number of hydrogen-bond acceptors (Lipinski definition) is 3. The Kier molecular flexibility index (Phi) is 3.94. The number of nitrogens with zero attached hydrogens (tertiary/aromatic N) is 1. The first-order valence-electron chi connectivity index (χ1n) is 5.30. The highest BCUT2D eigenvalue weighted by molar-refractivity contribution is 9.10. The number of nitrogens with one attached hydrogen (secondary N) is 1. The summed E-state index contributed by atoms with van der Waals surface area (Å²) < 4.78 is 5.83. The van der Waals surface area contributed by atoms with E-state index in [1.807, 2.05) is 19.1 Å². The zero-order valence-corrected chi connectivity index (χ0v) is 11.3. The summed E-state index contributed by atoms with van der Waals surface area (Å²) in [5.74, 6) is 0.312. The average molecular weight is 307 g/mol. The Balaban J connectivity index is 1.98. The molecule has 92 valence electrons. The van der Waals surface area contributed by atoms with E-state index in [1.165, 1.54) is 6.21 Å². The van der Waals surface area contributed by atoms with E-state index >= 15 is 0 Å². The fourth-order valence-electron chi connectivity index (χ4n) is 1.40. The quantitative estimate of drug-likeness (QED) is 0.699. The van der Waals surface area contributed by atoms with Crippen molar-refractivity contribution in [3.05, 3.63) is 58.0 Å². The van der Waals surface area contributed by atoms with Crippen molar-refractivity contribution >= 4 is 28.1 Å². The lowest BCUT2D eigenvalue weighted by Crippen LogP contribution is -2.17. The molecule has 1 heterocycles. The molecule has 0 aliphatic rings. The predicted molar refractivity (Wildman–Crippen MR) is 72.6 cm³/mol. The summed E-state index contributed by atoms with van der Waals surface area (Å²) in [6.07, 6.45) is 1.44. The molecule has 1 N–H and O–H groups in total. The minimum absolute atomic E-state index is 0.249. The van der Waals surface area contributed by atoms with Gasteiger partial charge in [-0.2, -0.15) is 5.10 Å². The van der Waals surface area contributed by atoms with Crippen LogP contribution in [0.15, 0.2) is 50.6 Å². The molecule has 0 aliphatic carbocycles. The average Bonchev–Trinajstić information content (AvgIpc) is 2.75. The summed E-state index contributed by atoms with van der Waals surface area (Å²) in [5, 5.41) is 3.82. The van der Waals surface area contributed by atoms with Crippen LogP contribution in [-0.2, 0) is 0 Å². The van der Waals surface area contributed by atoms with Gasteiger partial charge in [0.1, 0.15) is 5.76 Å².